The number of hydrogen-bond donors (Lipinski definition) is 1. The van der Waals surface area contributed by atoms with Gasteiger partial charge in [0.2, 0.25) is 0 Å². The maximum absolute atomic E-state index is 3.69. The molecule has 0 aliphatic carbocycles. The Morgan fingerprint density at radius 2 is 0.865 bits per heavy atom. The Hall–Kier alpha value is -0.790. The van der Waals surface area contributed by atoms with Crippen molar-refractivity contribution < 1.29 is 4.57 Å². The van der Waals surface area contributed by atoms with Gasteiger partial charge < -0.3 is 0 Å². The first-order valence-corrected chi connectivity index (χ1v) is 17.3. The largest absolute Gasteiger partial charge is 0.257 e. The lowest BCUT2D eigenvalue weighted by atomic mass is 9.93. The lowest BCUT2D eigenvalue weighted by Gasteiger charge is -2.17. The molecule has 0 aliphatic rings. The van der Waals surface area contributed by atoms with Crippen molar-refractivity contribution in [1.82, 2.24) is 4.98 Å². The lowest BCUT2D eigenvalue weighted by Crippen LogP contribution is -2.41. The summed E-state index contributed by atoms with van der Waals surface area (Å²) in [5.41, 5.74) is 0. The van der Waals surface area contributed by atoms with E-state index in [1.54, 1.807) is 0 Å². The number of aromatic amines is 1. The van der Waals surface area contributed by atoms with Crippen LogP contribution in [0.3, 0.4) is 0 Å². The molecule has 1 aromatic heterocycles. The molecule has 1 aromatic rings. The van der Waals surface area contributed by atoms with E-state index in [0.29, 0.717) is 12.0 Å². The molecule has 1 rings (SSSR count). The van der Waals surface area contributed by atoms with Gasteiger partial charge >= 0.3 is 0 Å². The monoisotopic (exact) mass is 518 g/mol. The van der Waals surface area contributed by atoms with E-state index >= 15 is 0 Å². The van der Waals surface area contributed by atoms with Crippen LogP contribution in [0.15, 0.2) is 12.4 Å². The normalized spacial score (nSPS) is 13.3. The van der Waals surface area contributed by atoms with Gasteiger partial charge in [-0.15, -0.1) is 0 Å². The average molecular weight is 518 g/mol. The molecule has 0 fully saturated rings. The van der Waals surface area contributed by atoms with Gasteiger partial charge in [-0.3, -0.25) is 0 Å². The molecular weight excluding hydrogens is 448 g/mol. The van der Waals surface area contributed by atoms with Crippen LogP contribution in [0.4, 0.5) is 0 Å². The second kappa shape index (κ2) is 25.5. The van der Waals surface area contributed by atoms with Crippen molar-refractivity contribution in [2.24, 2.45) is 0 Å². The standard InChI is InChI=1S/C35H68N2/c1-5-8-11-14-15-16-17-18-19-20-21-22-24-25-28-33(4)37-32-31-36-35(37)34(29-26-13-10-7-3)30-27-23-12-9-6-2/h31-34H,5-30H2,1-4H3/p+1. The maximum atomic E-state index is 3.69. The van der Waals surface area contributed by atoms with Crippen molar-refractivity contribution in [3.63, 3.8) is 0 Å². The summed E-state index contributed by atoms with van der Waals surface area (Å²) in [6.07, 6.45) is 41.3. The molecule has 0 aromatic carbocycles. The molecule has 0 bridgehead atoms. The smallest absolute Gasteiger partial charge is 0.247 e. The average Bonchev–Trinajstić information content (AvgIpc) is 3.40. The van der Waals surface area contributed by atoms with Crippen molar-refractivity contribution in [2.75, 3.05) is 0 Å². The molecule has 37 heavy (non-hydrogen) atoms. The number of nitrogens with zero attached hydrogens (tertiary/aromatic N) is 1. The van der Waals surface area contributed by atoms with Gasteiger partial charge in [0.05, 0.1) is 12.0 Å². The van der Waals surface area contributed by atoms with E-state index in [0.717, 1.165) is 0 Å². The molecule has 2 unspecified atom stereocenters. The number of nitrogens with one attached hydrogen (secondary N) is 1. The first-order chi connectivity index (χ1) is 18.2. The summed E-state index contributed by atoms with van der Waals surface area (Å²) in [7, 11) is 0. The fourth-order valence-corrected chi connectivity index (χ4v) is 6.07. The van der Waals surface area contributed by atoms with Crippen molar-refractivity contribution in [3.8, 4) is 0 Å². The van der Waals surface area contributed by atoms with Crippen LogP contribution >= 0.6 is 0 Å². The summed E-state index contributed by atoms with van der Waals surface area (Å²) < 4.78 is 2.61. The molecule has 2 nitrogen and oxygen atoms in total. The van der Waals surface area contributed by atoms with Crippen molar-refractivity contribution in [2.45, 2.75) is 207 Å². The highest BCUT2D eigenvalue weighted by Gasteiger charge is 2.25. The lowest BCUT2D eigenvalue weighted by molar-refractivity contribution is -0.727. The van der Waals surface area contributed by atoms with Crippen molar-refractivity contribution in [3.05, 3.63) is 18.2 Å². The van der Waals surface area contributed by atoms with Crippen LogP contribution in [0, 0.1) is 0 Å². The Kier molecular flexibility index (Phi) is 23.6. The fraction of sp³-hybridized carbons (Fsp3) is 0.914. The van der Waals surface area contributed by atoms with E-state index in [-0.39, 0.29) is 0 Å². The van der Waals surface area contributed by atoms with Gasteiger partial charge in [-0.1, -0.05) is 162 Å². The van der Waals surface area contributed by atoms with Gasteiger partial charge in [-0.25, -0.2) is 9.55 Å². The molecule has 218 valence electrons. The summed E-state index contributed by atoms with van der Waals surface area (Å²) in [4.78, 5) is 3.69. The molecule has 1 heterocycles. The van der Waals surface area contributed by atoms with E-state index in [4.69, 9.17) is 0 Å². The molecular formula is C35H69N2+. The quantitative estimate of drug-likeness (QED) is 0.0842. The first kappa shape index (κ1) is 34.2. The van der Waals surface area contributed by atoms with Crippen LogP contribution in [0.25, 0.3) is 0 Å². The minimum atomic E-state index is 0.622. The van der Waals surface area contributed by atoms with E-state index in [1.165, 1.54) is 173 Å². The highest BCUT2D eigenvalue weighted by Crippen LogP contribution is 2.27. The van der Waals surface area contributed by atoms with E-state index in [9.17, 15) is 0 Å². The van der Waals surface area contributed by atoms with Crippen LogP contribution in [0.1, 0.15) is 212 Å². The molecule has 0 amide bonds. The van der Waals surface area contributed by atoms with Crippen LogP contribution < -0.4 is 4.57 Å². The Morgan fingerprint density at radius 1 is 0.514 bits per heavy atom. The van der Waals surface area contributed by atoms with Gasteiger partial charge in [0.25, 0.3) is 5.82 Å². The van der Waals surface area contributed by atoms with Gasteiger partial charge in [0.1, 0.15) is 12.4 Å². The van der Waals surface area contributed by atoms with Crippen LogP contribution in [-0.2, 0) is 0 Å². The van der Waals surface area contributed by atoms with Crippen LogP contribution in [0.5, 0.6) is 0 Å². The molecule has 0 saturated heterocycles. The second-order valence-electron chi connectivity index (χ2n) is 12.2. The summed E-state index contributed by atoms with van der Waals surface area (Å²) in [5.74, 6) is 2.23. The Labute approximate surface area is 234 Å². The Morgan fingerprint density at radius 3 is 1.30 bits per heavy atom. The van der Waals surface area contributed by atoms with E-state index in [1.807, 2.05) is 0 Å². The SMILES string of the molecule is CCCCCCCCCCCCCCCCC(C)[n+]1cc[nH]c1C(CCCCCC)CCCCCCC. The second-order valence-corrected chi connectivity index (χ2v) is 12.2. The third-order valence-corrected chi connectivity index (χ3v) is 8.64. The maximum Gasteiger partial charge on any atom is 0.257 e. The third-order valence-electron chi connectivity index (χ3n) is 8.64. The van der Waals surface area contributed by atoms with Gasteiger partial charge in [0, 0.05) is 0 Å². The van der Waals surface area contributed by atoms with Crippen LogP contribution in [0.2, 0.25) is 0 Å². The zero-order chi connectivity index (χ0) is 26.8. The topological polar surface area (TPSA) is 19.7 Å². The highest BCUT2D eigenvalue weighted by atomic mass is 15.1. The first-order valence-electron chi connectivity index (χ1n) is 17.3. The molecule has 0 aliphatic heterocycles. The number of imidazole rings is 1. The Balaban J connectivity index is 2.26. The molecule has 0 spiro atoms. The zero-order valence-electron chi connectivity index (χ0n) is 26.1. The molecule has 1 N–H and O–H groups in total. The van der Waals surface area contributed by atoms with E-state index < -0.39 is 0 Å². The van der Waals surface area contributed by atoms with Crippen molar-refractivity contribution in [1.29, 1.82) is 0 Å². The summed E-state index contributed by atoms with van der Waals surface area (Å²) >= 11 is 0. The zero-order valence-corrected chi connectivity index (χ0v) is 26.1. The number of unbranched alkanes of at least 4 members (excludes halogenated alkanes) is 20. The van der Waals surface area contributed by atoms with Gasteiger partial charge in [-0.2, -0.15) is 0 Å². The Bertz CT molecular complexity index is 578. The molecule has 2 heteroatoms. The number of rotatable bonds is 28. The summed E-state index contributed by atoms with van der Waals surface area (Å²) in [6.45, 7) is 9.40. The van der Waals surface area contributed by atoms with Gasteiger partial charge in [-0.05, 0) is 32.6 Å². The highest BCUT2D eigenvalue weighted by molar-refractivity contribution is 4.90. The predicted octanol–water partition coefficient (Wildman–Crippen LogP) is 12.1. The number of aromatic nitrogens is 2. The third kappa shape index (κ3) is 18.2. The predicted molar refractivity (Wildman–Crippen MR) is 166 cm³/mol. The molecule has 2 atom stereocenters. The summed E-state index contributed by atoms with van der Waals surface area (Å²) in [6, 6.07) is 0.622. The fourth-order valence-electron chi connectivity index (χ4n) is 6.07. The van der Waals surface area contributed by atoms with Crippen molar-refractivity contribution >= 4 is 0 Å². The van der Waals surface area contributed by atoms with Gasteiger partial charge in [0.15, 0.2) is 0 Å². The van der Waals surface area contributed by atoms with E-state index in [2.05, 4.69) is 49.6 Å². The molecule has 0 saturated carbocycles. The minimum Gasteiger partial charge on any atom is -0.247 e. The number of hydrogen-bond acceptors (Lipinski definition) is 0. The van der Waals surface area contributed by atoms with Crippen LogP contribution in [-0.4, -0.2) is 4.98 Å². The molecule has 0 radical (unpaired) electrons. The summed E-state index contributed by atoms with van der Waals surface area (Å²) in [5, 5.41) is 0. The minimum absolute atomic E-state index is 0.622. The number of H-pyrrole nitrogens is 1.